The molecule has 0 radical (unpaired) electrons. The van der Waals surface area contributed by atoms with Crippen molar-refractivity contribution >= 4 is 0 Å². The topological polar surface area (TPSA) is 38.0 Å². The molecule has 27 heavy (non-hydrogen) atoms. The van der Waals surface area contributed by atoms with Gasteiger partial charge in [0.1, 0.15) is 0 Å². The van der Waals surface area contributed by atoms with Crippen molar-refractivity contribution in [3.8, 4) is 0 Å². The number of nitrogens with one attached hydrogen (secondary N) is 1. The van der Waals surface area contributed by atoms with Crippen molar-refractivity contribution in [3.05, 3.63) is 82.4 Å². The first kappa shape index (κ1) is 22.8. The van der Waals surface area contributed by atoms with Crippen molar-refractivity contribution in [2.24, 2.45) is 11.7 Å². The van der Waals surface area contributed by atoms with E-state index in [9.17, 15) is 0 Å². The van der Waals surface area contributed by atoms with Gasteiger partial charge in [-0.15, -0.1) is 0 Å². The molecule has 0 saturated heterocycles. The number of hydrogen-bond acceptors (Lipinski definition) is 2. The molecule has 1 aliphatic carbocycles. The maximum atomic E-state index is 5.55. The first-order chi connectivity index (χ1) is 12.9. The number of nitrogens with two attached hydrogens (primary N) is 1. The molecule has 0 heterocycles. The summed E-state index contributed by atoms with van der Waals surface area (Å²) in [6.07, 6.45) is 21.3. The Morgan fingerprint density at radius 1 is 1.26 bits per heavy atom. The maximum absolute atomic E-state index is 5.55. The van der Waals surface area contributed by atoms with Gasteiger partial charge in [0.2, 0.25) is 0 Å². The van der Waals surface area contributed by atoms with Gasteiger partial charge in [-0.3, -0.25) is 0 Å². The van der Waals surface area contributed by atoms with Crippen LogP contribution in [-0.4, -0.2) is 0 Å². The summed E-state index contributed by atoms with van der Waals surface area (Å²) in [5.41, 5.74) is 13.4. The van der Waals surface area contributed by atoms with Crippen LogP contribution in [-0.2, 0) is 0 Å². The summed E-state index contributed by atoms with van der Waals surface area (Å²) < 4.78 is 0. The smallest absolute Gasteiger partial charge is 0.0192 e. The van der Waals surface area contributed by atoms with Crippen LogP contribution in [0, 0.1) is 5.92 Å². The molecule has 148 valence electrons. The van der Waals surface area contributed by atoms with Crippen LogP contribution in [0.2, 0.25) is 0 Å². The van der Waals surface area contributed by atoms with Crippen LogP contribution >= 0.6 is 0 Å². The van der Waals surface area contributed by atoms with Crippen LogP contribution < -0.4 is 11.1 Å². The number of allylic oxidation sites excluding steroid dienone is 12. The van der Waals surface area contributed by atoms with Crippen LogP contribution in [0.1, 0.15) is 67.2 Å². The van der Waals surface area contributed by atoms with Gasteiger partial charge in [0, 0.05) is 17.8 Å². The minimum atomic E-state index is 0.335. The molecular formula is C25H38N2. The lowest BCUT2D eigenvalue weighted by Gasteiger charge is -2.14. The Morgan fingerprint density at radius 3 is 2.59 bits per heavy atom. The Hall–Kier alpha value is -2.22. The Balaban J connectivity index is 3.08. The fraction of sp³-hybridized carbons (Fsp3) is 0.440. The molecule has 1 rings (SSSR count). The fourth-order valence-electron chi connectivity index (χ4n) is 3.22. The summed E-state index contributed by atoms with van der Waals surface area (Å²) in [4.78, 5) is 0. The van der Waals surface area contributed by atoms with E-state index in [1.807, 2.05) is 6.08 Å². The van der Waals surface area contributed by atoms with Crippen molar-refractivity contribution in [1.29, 1.82) is 0 Å². The molecule has 0 saturated carbocycles. The molecule has 0 amide bonds. The van der Waals surface area contributed by atoms with Gasteiger partial charge >= 0.3 is 0 Å². The van der Waals surface area contributed by atoms with Crippen molar-refractivity contribution in [2.45, 2.75) is 67.2 Å². The Morgan fingerprint density at radius 2 is 2.00 bits per heavy atom. The van der Waals surface area contributed by atoms with E-state index >= 15 is 0 Å². The summed E-state index contributed by atoms with van der Waals surface area (Å²) in [7, 11) is 0. The van der Waals surface area contributed by atoms with Gasteiger partial charge in [0.25, 0.3) is 0 Å². The van der Waals surface area contributed by atoms with E-state index in [4.69, 9.17) is 5.73 Å². The summed E-state index contributed by atoms with van der Waals surface area (Å²) >= 11 is 0. The van der Waals surface area contributed by atoms with Gasteiger partial charge in [0.05, 0.1) is 0 Å². The molecule has 0 bridgehead atoms. The van der Waals surface area contributed by atoms with Crippen LogP contribution in [0.15, 0.2) is 82.4 Å². The Labute approximate surface area is 167 Å². The third-order valence-corrected chi connectivity index (χ3v) is 4.60. The molecule has 0 aromatic rings. The minimum Gasteiger partial charge on any atom is -0.405 e. The highest BCUT2D eigenvalue weighted by Gasteiger charge is 2.07. The Bertz CT molecular complexity index is 694. The number of rotatable bonds is 9. The predicted molar refractivity (Wildman–Crippen MR) is 121 cm³/mol. The van der Waals surface area contributed by atoms with E-state index in [0.717, 1.165) is 25.7 Å². The lowest BCUT2D eigenvalue weighted by Crippen LogP contribution is -2.11. The summed E-state index contributed by atoms with van der Waals surface area (Å²) in [6.45, 7) is 13.1. The summed E-state index contributed by atoms with van der Waals surface area (Å²) in [6, 6.07) is 0. The zero-order chi connectivity index (χ0) is 20.2. The number of hydrogen-bond donors (Lipinski definition) is 2. The van der Waals surface area contributed by atoms with E-state index in [-0.39, 0.29) is 0 Å². The molecule has 1 atom stereocenters. The van der Waals surface area contributed by atoms with E-state index in [2.05, 4.69) is 83.3 Å². The molecule has 0 spiro atoms. The largest absolute Gasteiger partial charge is 0.405 e. The van der Waals surface area contributed by atoms with Crippen LogP contribution in [0.5, 0.6) is 0 Å². The molecule has 0 aliphatic heterocycles. The molecule has 0 aromatic heterocycles. The quantitative estimate of drug-likeness (QED) is 0.439. The molecular weight excluding hydrogens is 328 g/mol. The van der Waals surface area contributed by atoms with Gasteiger partial charge in [-0.05, 0) is 74.1 Å². The maximum Gasteiger partial charge on any atom is 0.0192 e. The van der Waals surface area contributed by atoms with Crippen LogP contribution in [0.4, 0.5) is 0 Å². The standard InChI is InChI=1S/C25H38N2/c1-7-10-24(23(9-3)15-20(5)13-14-26)17-21(6)27-25-16-19(4)11-12-22(8-2)18-25/h10-15,17-18,20,27H,7-9,16,26H2,1-6H3/b14-13-,21-17+,23-15+,24-10+. The molecule has 0 aromatic carbocycles. The first-order valence-electron chi connectivity index (χ1n) is 10.2. The molecule has 0 fully saturated rings. The zero-order valence-electron chi connectivity index (χ0n) is 18.1. The molecule has 3 N–H and O–H groups in total. The summed E-state index contributed by atoms with van der Waals surface area (Å²) in [5.74, 6) is 0.335. The molecule has 2 nitrogen and oxygen atoms in total. The van der Waals surface area contributed by atoms with Gasteiger partial charge < -0.3 is 11.1 Å². The fourth-order valence-corrected chi connectivity index (χ4v) is 3.22. The molecule has 1 unspecified atom stereocenters. The Kier molecular flexibility index (Phi) is 10.3. The second-order valence-corrected chi connectivity index (χ2v) is 7.26. The van der Waals surface area contributed by atoms with Gasteiger partial charge in [-0.1, -0.05) is 63.6 Å². The lowest BCUT2D eigenvalue weighted by atomic mass is 9.96. The van der Waals surface area contributed by atoms with Crippen LogP contribution in [0.3, 0.4) is 0 Å². The highest BCUT2D eigenvalue weighted by atomic mass is 14.9. The van der Waals surface area contributed by atoms with E-state index in [0.29, 0.717) is 5.92 Å². The van der Waals surface area contributed by atoms with E-state index in [1.165, 1.54) is 33.7 Å². The first-order valence-corrected chi connectivity index (χ1v) is 10.2. The van der Waals surface area contributed by atoms with Gasteiger partial charge in [-0.2, -0.15) is 0 Å². The summed E-state index contributed by atoms with van der Waals surface area (Å²) in [5, 5.41) is 3.64. The van der Waals surface area contributed by atoms with E-state index in [1.54, 1.807) is 6.20 Å². The SMILES string of the molecule is CC/C=C(\C=C(/C)NC1=CC(CC)=CC=C(C)C1)C(=C/C(C)/C=C\N)/CC. The molecule has 1 aliphatic rings. The predicted octanol–water partition coefficient (Wildman–Crippen LogP) is 6.83. The van der Waals surface area contributed by atoms with Crippen molar-refractivity contribution in [1.82, 2.24) is 5.32 Å². The van der Waals surface area contributed by atoms with Crippen LogP contribution in [0.25, 0.3) is 0 Å². The van der Waals surface area contributed by atoms with Crippen molar-refractivity contribution < 1.29 is 0 Å². The minimum absolute atomic E-state index is 0.335. The lowest BCUT2D eigenvalue weighted by molar-refractivity contribution is 0.891. The highest BCUT2D eigenvalue weighted by Crippen LogP contribution is 2.22. The van der Waals surface area contributed by atoms with Crippen molar-refractivity contribution in [3.63, 3.8) is 0 Å². The average Bonchev–Trinajstić information content (AvgIpc) is 2.80. The zero-order valence-corrected chi connectivity index (χ0v) is 18.1. The highest BCUT2D eigenvalue weighted by molar-refractivity contribution is 5.42. The average molecular weight is 367 g/mol. The normalized spacial score (nSPS) is 18.0. The van der Waals surface area contributed by atoms with Gasteiger partial charge in [-0.25, -0.2) is 0 Å². The van der Waals surface area contributed by atoms with E-state index < -0.39 is 0 Å². The third-order valence-electron chi connectivity index (χ3n) is 4.60. The van der Waals surface area contributed by atoms with Crippen molar-refractivity contribution in [2.75, 3.05) is 0 Å². The second kappa shape index (κ2) is 12.2. The second-order valence-electron chi connectivity index (χ2n) is 7.26. The van der Waals surface area contributed by atoms with Gasteiger partial charge in [0.15, 0.2) is 0 Å². The third kappa shape index (κ3) is 8.34. The monoisotopic (exact) mass is 366 g/mol. The molecule has 2 heteroatoms.